The van der Waals surface area contributed by atoms with E-state index >= 15 is 0 Å². The van der Waals surface area contributed by atoms with E-state index in [2.05, 4.69) is 43.3 Å². The monoisotopic (exact) mass is 186 g/mol. The largest absolute Gasteiger partial charge is 0.302 e. The van der Waals surface area contributed by atoms with E-state index in [1.807, 2.05) is 0 Å². The zero-order valence-corrected chi connectivity index (χ0v) is 9.12. The molecule has 4 heteroatoms. The van der Waals surface area contributed by atoms with Gasteiger partial charge in [-0.3, -0.25) is 4.90 Å². The van der Waals surface area contributed by atoms with Gasteiger partial charge in [0, 0.05) is 7.05 Å². The first-order chi connectivity index (χ1) is 6.07. The van der Waals surface area contributed by atoms with Gasteiger partial charge in [0.05, 0.1) is 6.17 Å². The quantitative estimate of drug-likeness (QED) is 0.668. The van der Waals surface area contributed by atoms with Gasteiger partial charge < -0.3 is 5.73 Å². The van der Waals surface area contributed by atoms with Crippen LogP contribution in [0.25, 0.3) is 0 Å². The van der Waals surface area contributed by atoms with Gasteiger partial charge in [0.15, 0.2) is 0 Å². The molecule has 0 aromatic carbocycles. The van der Waals surface area contributed by atoms with Gasteiger partial charge in [0.1, 0.15) is 6.29 Å². The lowest BCUT2D eigenvalue weighted by Crippen LogP contribution is -2.44. The highest BCUT2D eigenvalue weighted by Crippen LogP contribution is 2.21. The molecule has 3 atom stereocenters. The summed E-state index contributed by atoms with van der Waals surface area (Å²) in [4.78, 5) is 2.18. The van der Waals surface area contributed by atoms with Gasteiger partial charge in [-0.1, -0.05) is 20.3 Å². The Labute approximate surface area is 81.0 Å². The molecule has 1 heterocycles. The highest BCUT2D eigenvalue weighted by Gasteiger charge is 2.35. The van der Waals surface area contributed by atoms with Gasteiger partial charge in [-0.2, -0.15) is 0 Å². The SMILES string of the molecule is CCC[C@@H](C)[C@H]1N(C)N[C@@H](N)N1C. The molecule has 1 rings (SSSR count). The van der Waals surface area contributed by atoms with Crippen LogP contribution < -0.4 is 11.2 Å². The first-order valence-electron chi connectivity index (χ1n) is 5.04. The van der Waals surface area contributed by atoms with Crippen molar-refractivity contribution in [1.82, 2.24) is 15.3 Å². The lowest BCUT2D eigenvalue weighted by Gasteiger charge is -2.29. The second kappa shape index (κ2) is 4.37. The second-order valence-electron chi connectivity index (χ2n) is 4.03. The Bertz CT molecular complexity index is 162. The van der Waals surface area contributed by atoms with Crippen molar-refractivity contribution in [3.8, 4) is 0 Å². The molecule has 0 aliphatic carbocycles. The van der Waals surface area contributed by atoms with E-state index in [0.29, 0.717) is 12.1 Å². The summed E-state index contributed by atoms with van der Waals surface area (Å²) in [5.41, 5.74) is 9.06. The molecule has 13 heavy (non-hydrogen) atoms. The molecule has 0 bridgehead atoms. The third-order valence-corrected chi connectivity index (χ3v) is 2.84. The van der Waals surface area contributed by atoms with Crippen molar-refractivity contribution in [2.45, 2.75) is 39.1 Å². The van der Waals surface area contributed by atoms with Gasteiger partial charge in [0.25, 0.3) is 0 Å². The lowest BCUT2D eigenvalue weighted by atomic mass is 10.0. The number of nitrogens with two attached hydrogens (primary N) is 1. The average molecular weight is 186 g/mol. The summed E-state index contributed by atoms with van der Waals surface area (Å²) in [6, 6.07) is 0. The molecule has 1 saturated heterocycles. The van der Waals surface area contributed by atoms with E-state index in [9.17, 15) is 0 Å². The Kier molecular flexibility index (Phi) is 3.67. The first-order valence-corrected chi connectivity index (χ1v) is 5.04. The van der Waals surface area contributed by atoms with Crippen LogP contribution in [0.3, 0.4) is 0 Å². The van der Waals surface area contributed by atoms with Crippen molar-refractivity contribution in [2.24, 2.45) is 11.7 Å². The van der Waals surface area contributed by atoms with Gasteiger partial charge in [-0.25, -0.2) is 10.4 Å². The maximum atomic E-state index is 5.87. The number of nitrogens with one attached hydrogen (secondary N) is 1. The molecule has 0 aromatic rings. The average Bonchev–Trinajstić information content (AvgIpc) is 2.27. The first kappa shape index (κ1) is 10.9. The molecule has 78 valence electrons. The molecule has 0 aromatic heterocycles. The number of nitrogens with zero attached hydrogens (tertiary/aromatic N) is 2. The number of hydrogen-bond donors (Lipinski definition) is 2. The van der Waals surface area contributed by atoms with Crippen molar-refractivity contribution in [2.75, 3.05) is 14.1 Å². The minimum Gasteiger partial charge on any atom is -0.302 e. The normalized spacial score (nSPS) is 33.9. The fourth-order valence-corrected chi connectivity index (χ4v) is 2.20. The third-order valence-electron chi connectivity index (χ3n) is 2.84. The maximum Gasteiger partial charge on any atom is 0.125 e. The van der Waals surface area contributed by atoms with Crippen molar-refractivity contribution >= 4 is 0 Å². The fourth-order valence-electron chi connectivity index (χ4n) is 2.20. The topological polar surface area (TPSA) is 44.5 Å². The number of hydrazine groups is 1. The van der Waals surface area contributed by atoms with Crippen molar-refractivity contribution in [3.05, 3.63) is 0 Å². The van der Waals surface area contributed by atoms with Crippen LogP contribution in [0.4, 0.5) is 0 Å². The van der Waals surface area contributed by atoms with Crippen molar-refractivity contribution in [1.29, 1.82) is 0 Å². The summed E-state index contributed by atoms with van der Waals surface area (Å²) in [5, 5.41) is 2.12. The molecule has 0 unspecified atom stereocenters. The minimum absolute atomic E-state index is 0.0330. The summed E-state index contributed by atoms with van der Waals surface area (Å²) in [6.07, 6.45) is 2.87. The van der Waals surface area contributed by atoms with E-state index in [-0.39, 0.29) is 6.29 Å². The molecule has 1 fully saturated rings. The molecule has 0 spiro atoms. The van der Waals surface area contributed by atoms with Crippen LogP contribution in [0.5, 0.6) is 0 Å². The lowest BCUT2D eigenvalue weighted by molar-refractivity contribution is 0.0989. The molecule has 0 amide bonds. The highest BCUT2D eigenvalue weighted by atomic mass is 15.7. The predicted molar refractivity (Wildman–Crippen MR) is 54.5 cm³/mol. The van der Waals surface area contributed by atoms with E-state index in [1.54, 1.807) is 0 Å². The van der Waals surface area contributed by atoms with E-state index in [0.717, 1.165) is 0 Å². The van der Waals surface area contributed by atoms with Crippen LogP contribution in [0.1, 0.15) is 26.7 Å². The molecule has 0 saturated carbocycles. The predicted octanol–water partition coefficient (Wildman–Crippen LogP) is 0.373. The summed E-state index contributed by atoms with van der Waals surface area (Å²) >= 11 is 0. The molecule has 3 N–H and O–H groups in total. The van der Waals surface area contributed by atoms with Crippen LogP contribution in [-0.4, -0.2) is 36.5 Å². The summed E-state index contributed by atoms with van der Waals surface area (Å²) in [5.74, 6) is 0.654. The Hall–Kier alpha value is -0.160. The van der Waals surface area contributed by atoms with E-state index in [1.165, 1.54) is 12.8 Å². The molecule has 1 aliphatic rings. The van der Waals surface area contributed by atoms with Gasteiger partial charge in [-0.15, -0.1) is 0 Å². The van der Waals surface area contributed by atoms with Crippen LogP contribution in [0, 0.1) is 5.92 Å². The second-order valence-corrected chi connectivity index (χ2v) is 4.03. The zero-order valence-electron chi connectivity index (χ0n) is 9.12. The Morgan fingerprint density at radius 1 is 1.46 bits per heavy atom. The van der Waals surface area contributed by atoms with Gasteiger partial charge >= 0.3 is 0 Å². The molecular weight excluding hydrogens is 164 g/mol. The van der Waals surface area contributed by atoms with Crippen molar-refractivity contribution in [3.63, 3.8) is 0 Å². The zero-order chi connectivity index (χ0) is 10.0. The standard InChI is InChI=1S/C9H22N4/c1-5-6-7(2)8-12(3)9(10)11-13(8)4/h7-9,11H,5-6,10H2,1-4H3/t7-,8-,9-/m1/s1. The fraction of sp³-hybridized carbons (Fsp3) is 1.00. The number of rotatable bonds is 3. The van der Waals surface area contributed by atoms with E-state index in [4.69, 9.17) is 5.73 Å². The molecule has 0 radical (unpaired) electrons. The third kappa shape index (κ3) is 2.20. The van der Waals surface area contributed by atoms with Crippen LogP contribution in [0.2, 0.25) is 0 Å². The smallest absolute Gasteiger partial charge is 0.125 e. The molecule has 4 nitrogen and oxygen atoms in total. The highest BCUT2D eigenvalue weighted by molar-refractivity contribution is 4.80. The Morgan fingerprint density at radius 3 is 2.46 bits per heavy atom. The van der Waals surface area contributed by atoms with E-state index < -0.39 is 0 Å². The van der Waals surface area contributed by atoms with Gasteiger partial charge in [0.2, 0.25) is 0 Å². The summed E-state index contributed by atoms with van der Waals surface area (Å²) in [6.45, 7) is 4.50. The van der Waals surface area contributed by atoms with Crippen LogP contribution in [-0.2, 0) is 0 Å². The van der Waals surface area contributed by atoms with Crippen molar-refractivity contribution < 1.29 is 0 Å². The number of hydrogen-bond acceptors (Lipinski definition) is 4. The summed E-state index contributed by atoms with van der Waals surface area (Å²) < 4.78 is 0. The maximum absolute atomic E-state index is 5.87. The van der Waals surface area contributed by atoms with Crippen LogP contribution in [0.15, 0.2) is 0 Å². The Morgan fingerprint density at radius 2 is 2.08 bits per heavy atom. The van der Waals surface area contributed by atoms with Gasteiger partial charge in [-0.05, 0) is 19.4 Å². The van der Waals surface area contributed by atoms with Crippen LogP contribution >= 0.6 is 0 Å². The molecular formula is C9H22N4. The molecule has 1 aliphatic heterocycles. The Balaban J connectivity index is 2.56. The minimum atomic E-state index is -0.0330. The summed E-state index contributed by atoms with van der Waals surface area (Å²) in [7, 11) is 4.12.